The molecule has 0 amide bonds. The number of benzene rings is 2. The maximum absolute atomic E-state index is 11.4. The number of likely N-dealkylation sites (tertiary alicyclic amines) is 1. The third-order valence-corrected chi connectivity index (χ3v) is 6.59. The highest BCUT2D eigenvalue weighted by molar-refractivity contribution is 5.88. The van der Waals surface area contributed by atoms with Crippen LogP contribution < -0.4 is 14.2 Å². The van der Waals surface area contributed by atoms with E-state index in [-0.39, 0.29) is 5.78 Å². The molecular formula is C27H30N4O4. The van der Waals surface area contributed by atoms with E-state index in [1.165, 1.54) is 6.33 Å². The number of aryl methyl sites for hydroxylation is 1. The summed E-state index contributed by atoms with van der Waals surface area (Å²) in [6.45, 7) is 6.68. The molecule has 4 aromatic rings. The Morgan fingerprint density at radius 1 is 1.11 bits per heavy atom. The molecule has 0 atom stereocenters. The number of aromatic nitrogens is 3. The molecule has 1 fully saturated rings. The first kappa shape index (κ1) is 23.1. The number of Topliss-reactive ketones (excluding diaryl/α,β-unsaturated/α-hetero) is 1. The van der Waals surface area contributed by atoms with Crippen LogP contribution in [-0.2, 0) is 4.79 Å². The molecule has 5 rings (SSSR count). The average Bonchev–Trinajstić information content (AvgIpc) is 3.23. The lowest BCUT2D eigenvalue weighted by Gasteiger charge is -2.31. The van der Waals surface area contributed by atoms with Gasteiger partial charge in [0.05, 0.1) is 31.2 Å². The monoisotopic (exact) mass is 474 g/mol. The molecule has 35 heavy (non-hydrogen) atoms. The van der Waals surface area contributed by atoms with E-state index in [1.54, 1.807) is 14.0 Å². The molecule has 1 aliphatic rings. The Morgan fingerprint density at radius 3 is 2.71 bits per heavy atom. The fourth-order valence-electron chi connectivity index (χ4n) is 4.64. The summed E-state index contributed by atoms with van der Waals surface area (Å²) < 4.78 is 18.0. The highest BCUT2D eigenvalue weighted by atomic mass is 16.5. The molecule has 0 aliphatic carbocycles. The Kier molecular flexibility index (Phi) is 6.55. The average molecular weight is 475 g/mol. The quantitative estimate of drug-likeness (QED) is 0.388. The van der Waals surface area contributed by atoms with E-state index in [4.69, 9.17) is 14.2 Å². The standard InChI is InChI=1S/C27H30N4O4/c1-17-13-28-23-5-4-20(10-21(17)23)35-27-22-11-25(33-3)26(12-24(22)29-16-30-27)34-15-19-6-8-31(9-7-19)14-18(2)32/h4-5,10-13,16,19,28H,6-9,14-15H2,1-3H3. The number of methoxy groups -OCH3 is 1. The topological polar surface area (TPSA) is 89.6 Å². The zero-order valence-corrected chi connectivity index (χ0v) is 20.3. The number of ether oxygens (including phenoxy) is 3. The van der Waals surface area contributed by atoms with Gasteiger partial charge < -0.3 is 19.2 Å². The molecule has 2 aromatic heterocycles. The van der Waals surface area contributed by atoms with Crippen molar-refractivity contribution in [3.63, 3.8) is 0 Å². The molecule has 2 aromatic carbocycles. The predicted molar refractivity (Wildman–Crippen MR) is 135 cm³/mol. The number of carbonyl (C=O) groups is 1. The predicted octanol–water partition coefficient (Wildman–Crippen LogP) is 4.90. The van der Waals surface area contributed by atoms with Crippen LogP contribution in [-0.4, -0.2) is 59.0 Å². The van der Waals surface area contributed by atoms with Crippen molar-refractivity contribution in [3.8, 4) is 23.1 Å². The number of ketones is 1. The number of H-pyrrole nitrogens is 1. The fourth-order valence-corrected chi connectivity index (χ4v) is 4.64. The maximum Gasteiger partial charge on any atom is 0.230 e. The second kappa shape index (κ2) is 9.92. The maximum atomic E-state index is 11.4. The SMILES string of the molecule is COc1cc2c(Oc3ccc4[nH]cc(C)c4c3)ncnc2cc1OCC1CCN(CC(C)=O)CC1. The molecular weight excluding hydrogens is 444 g/mol. The van der Waals surface area contributed by atoms with Gasteiger partial charge in [0.1, 0.15) is 17.9 Å². The molecule has 0 bridgehead atoms. The smallest absolute Gasteiger partial charge is 0.230 e. The van der Waals surface area contributed by atoms with E-state index in [9.17, 15) is 4.79 Å². The summed E-state index contributed by atoms with van der Waals surface area (Å²) in [5, 5.41) is 1.86. The molecule has 0 saturated carbocycles. The van der Waals surface area contributed by atoms with Crippen molar-refractivity contribution >= 4 is 27.6 Å². The summed E-state index contributed by atoms with van der Waals surface area (Å²) in [5.74, 6) is 3.09. The first-order valence-electron chi connectivity index (χ1n) is 11.9. The van der Waals surface area contributed by atoms with E-state index < -0.39 is 0 Å². The van der Waals surface area contributed by atoms with Gasteiger partial charge in [-0.3, -0.25) is 9.69 Å². The molecule has 182 valence electrons. The van der Waals surface area contributed by atoms with Crippen LogP contribution in [0.3, 0.4) is 0 Å². The van der Waals surface area contributed by atoms with Crippen LogP contribution in [0.25, 0.3) is 21.8 Å². The van der Waals surface area contributed by atoms with E-state index in [0.29, 0.717) is 42.2 Å². The Labute approximate surface area is 204 Å². The number of hydrogen-bond acceptors (Lipinski definition) is 7. The minimum atomic E-state index is 0.214. The summed E-state index contributed by atoms with van der Waals surface area (Å²) in [4.78, 5) is 25.6. The number of carbonyl (C=O) groups excluding carboxylic acids is 1. The summed E-state index contributed by atoms with van der Waals surface area (Å²) in [5.41, 5.74) is 2.95. The third kappa shape index (κ3) is 5.07. The first-order chi connectivity index (χ1) is 17.0. The molecule has 8 heteroatoms. The molecule has 0 spiro atoms. The van der Waals surface area contributed by atoms with Crippen molar-refractivity contribution in [2.45, 2.75) is 26.7 Å². The normalized spacial score (nSPS) is 14.9. The van der Waals surface area contributed by atoms with Crippen molar-refractivity contribution in [2.24, 2.45) is 5.92 Å². The number of piperidine rings is 1. The minimum Gasteiger partial charge on any atom is -0.493 e. The van der Waals surface area contributed by atoms with Crippen molar-refractivity contribution in [3.05, 3.63) is 48.4 Å². The summed E-state index contributed by atoms with van der Waals surface area (Å²) in [6.07, 6.45) is 5.50. The van der Waals surface area contributed by atoms with Crippen molar-refractivity contribution in [2.75, 3.05) is 33.4 Å². The van der Waals surface area contributed by atoms with E-state index in [0.717, 1.165) is 53.3 Å². The van der Waals surface area contributed by atoms with Gasteiger partial charge >= 0.3 is 0 Å². The van der Waals surface area contributed by atoms with Gasteiger partial charge in [-0.2, -0.15) is 0 Å². The lowest BCUT2D eigenvalue weighted by atomic mass is 9.97. The number of nitrogens with zero attached hydrogens (tertiary/aromatic N) is 3. The summed E-state index contributed by atoms with van der Waals surface area (Å²) in [6, 6.07) is 9.68. The van der Waals surface area contributed by atoms with Gasteiger partial charge in [-0.15, -0.1) is 0 Å². The summed E-state index contributed by atoms with van der Waals surface area (Å²) in [7, 11) is 1.63. The fraction of sp³-hybridized carbons (Fsp3) is 0.370. The Balaban J connectivity index is 1.32. The number of rotatable bonds is 8. The van der Waals surface area contributed by atoms with Crippen molar-refractivity contribution in [1.82, 2.24) is 19.9 Å². The van der Waals surface area contributed by atoms with Gasteiger partial charge in [-0.1, -0.05) is 0 Å². The van der Waals surface area contributed by atoms with Gasteiger partial charge in [-0.05, 0) is 75.5 Å². The van der Waals surface area contributed by atoms with Crippen molar-refractivity contribution < 1.29 is 19.0 Å². The third-order valence-electron chi connectivity index (χ3n) is 6.59. The van der Waals surface area contributed by atoms with Crippen LogP contribution >= 0.6 is 0 Å². The van der Waals surface area contributed by atoms with E-state index >= 15 is 0 Å². The second-order valence-electron chi connectivity index (χ2n) is 9.21. The van der Waals surface area contributed by atoms with Gasteiger partial charge in [0.15, 0.2) is 11.5 Å². The molecule has 0 unspecified atom stereocenters. The molecule has 1 saturated heterocycles. The van der Waals surface area contributed by atoms with Crippen LogP contribution in [0.15, 0.2) is 42.9 Å². The van der Waals surface area contributed by atoms with Crippen molar-refractivity contribution in [1.29, 1.82) is 0 Å². The zero-order chi connectivity index (χ0) is 24.4. The van der Waals surface area contributed by atoms with Crippen LogP contribution in [0.1, 0.15) is 25.3 Å². The number of hydrogen-bond donors (Lipinski definition) is 1. The van der Waals surface area contributed by atoms with Crippen LogP contribution in [0, 0.1) is 12.8 Å². The zero-order valence-electron chi connectivity index (χ0n) is 20.3. The molecule has 1 N–H and O–H groups in total. The number of nitrogens with one attached hydrogen (secondary N) is 1. The highest BCUT2D eigenvalue weighted by Gasteiger charge is 2.21. The summed E-state index contributed by atoms with van der Waals surface area (Å²) >= 11 is 0. The minimum absolute atomic E-state index is 0.214. The van der Waals surface area contributed by atoms with Gasteiger partial charge in [0.25, 0.3) is 0 Å². The van der Waals surface area contributed by atoms with Crippen LogP contribution in [0.4, 0.5) is 0 Å². The van der Waals surface area contributed by atoms with Gasteiger partial charge in [-0.25, -0.2) is 9.97 Å². The first-order valence-corrected chi connectivity index (χ1v) is 11.9. The lowest BCUT2D eigenvalue weighted by molar-refractivity contribution is -0.118. The number of fused-ring (bicyclic) bond motifs is 2. The largest absolute Gasteiger partial charge is 0.493 e. The van der Waals surface area contributed by atoms with E-state index in [2.05, 4.69) is 26.8 Å². The van der Waals surface area contributed by atoms with Gasteiger partial charge in [0, 0.05) is 23.2 Å². The molecule has 8 nitrogen and oxygen atoms in total. The molecule has 0 radical (unpaired) electrons. The number of aromatic amines is 1. The Morgan fingerprint density at radius 2 is 1.94 bits per heavy atom. The van der Waals surface area contributed by atoms with Crippen LogP contribution in [0.2, 0.25) is 0 Å². The van der Waals surface area contributed by atoms with E-state index in [1.807, 2.05) is 36.5 Å². The highest BCUT2D eigenvalue weighted by Crippen LogP contribution is 2.37. The second-order valence-corrected chi connectivity index (χ2v) is 9.21. The Bertz CT molecular complexity index is 1360. The Hall–Kier alpha value is -3.65. The molecule has 3 heterocycles. The van der Waals surface area contributed by atoms with Gasteiger partial charge in [0.2, 0.25) is 5.88 Å². The van der Waals surface area contributed by atoms with Crippen LogP contribution in [0.5, 0.6) is 23.1 Å². The molecule has 1 aliphatic heterocycles. The lowest BCUT2D eigenvalue weighted by Crippen LogP contribution is -2.38.